The summed E-state index contributed by atoms with van der Waals surface area (Å²) in [5.74, 6) is 0. The lowest BCUT2D eigenvalue weighted by Crippen LogP contribution is -1.99. The maximum atomic E-state index is 10.0. The third-order valence-electron chi connectivity index (χ3n) is 9.40. The van der Waals surface area contributed by atoms with Crippen LogP contribution in [0, 0.1) is 22.7 Å². The van der Waals surface area contributed by atoms with Gasteiger partial charge in [0.05, 0.1) is 51.0 Å². The van der Waals surface area contributed by atoms with Crippen LogP contribution in [-0.4, -0.2) is 9.13 Å². The Morgan fingerprint density at radius 3 is 1.77 bits per heavy atom. The number of aromatic nitrogens is 2. The van der Waals surface area contributed by atoms with Gasteiger partial charge in [-0.15, -0.1) is 0 Å². The lowest BCUT2D eigenvalue weighted by molar-refractivity contribution is 1.18. The van der Waals surface area contributed by atoms with Crippen molar-refractivity contribution in [1.29, 1.82) is 10.5 Å². The van der Waals surface area contributed by atoms with Crippen molar-refractivity contribution in [2.75, 3.05) is 0 Å². The first kappa shape index (κ1) is 27.4. The van der Waals surface area contributed by atoms with Crippen LogP contribution in [-0.2, 0) is 0 Å². The van der Waals surface area contributed by atoms with Crippen molar-refractivity contribution in [3.63, 3.8) is 0 Å². The number of nitrogens with zero attached hydrogens (tertiary/aromatic N) is 4. The van der Waals surface area contributed by atoms with Gasteiger partial charge in [-0.2, -0.15) is 10.5 Å². The van der Waals surface area contributed by atoms with E-state index in [1.807, 2.05) is 36.4 Å². The fourth-order valence-electron chi connectivity index (χ4n) is 7.37. The van der Waals surface area contributed by atoms with Gasteiger partial charge in [0, 0.05) is 32.8 Å². The van der Waals surface area contributed by atoms with Crippen LogP contribution in [0.25, 0.3) is 77.2 Å². The maximum Gasteiger partial charge on any atom is 0.0998 e. The van der Waals surface area contributed by atoms with E-state index < -0.39 is 0 Å². The van der Waals surface area contributed by atoms with Gasteiger partial charge in [0.25, 0.3) is 0 Å². The molecule has 0 spiro atoms. The van der Waals surface area contributed by atoms with Crippen molar-refractivity contribution in [3.05, 3.63) is 169 Å². The van der Waals surface area contributed by atoms with Gasteiger partial charge in [-0.05, 0) is 77.4 Å². The molecule has 4 heteroatoms. The van der Waals surface area contributed by atoms with Gasteiger partial charge in [0.2, 0.25) is 0 Å². The molecule has 4 nitrogen and oxygen atoms in total. The van der Waals surface area contributed by atoms with Gasteiger partial charge in [-0.3, -0.25) is 0 Å². The third kappa shape index (κ3) is 4.07. The Labute approximate surface area is 277 Å². The highest BCUT2D eigenvalue weighted by atomic mass is 15.0. The van der Waals surface area contributed by atoms with Crippen molar-refractivity contribution >= 4 is 43.6 Å². The molecular weight excluding hydrogens is 585 g/mol. The van der Waals surface area contributed by atoms with E-state index in [1.54, 1.807) is 0 Å². The molecule has 0 N–H and O–H groups in total. The summed E-state index contributed by atoms with van der Waals surface area (Å²) in [5.41, 5.74) is 11.7. The largest absolute Gasteiger partial charge is 0.309 e. The van der Waals surface area contributed by atoms with Gasteiger partial charge in [0.15, 0.2) is 0 Å². The van der Waals surface area contributed by atoms with Crippen LogP contribution in [0.15, 0.2) is 158 Å². The Morgan fingerprint density at radius 1 is 0.417 bits per heavy atom. The van der Waals surface area contributed by atoms with E-state index in [9.17, 15) is 10.5 Å². The number of nitriles is 2. The molecular formula is C44H26N4. The summed E-state index contributed by atoms with van der Waals surface area (Å²) in [6.45, 7) is 0. The Morgan fingerprint density at radius 2 is 1.04 bits per heavy atom. The molecule has 7 aromatic carbocycles. The van der Waals surface area contributed by atoms with E-state index in [0.717, 1.165) is 66.5 Å². The Hall–Kier alpha value is -6.88. The smallest absolute Gasteiger partial charge is 0.0998 e. The average Bonchev–Trinajstić information content (AvgIpc) is 3.68. The maximum absolute atomic E-state index is 10.0. The highest BCUT2D eigenvalue weighted by Crippen LogP contribution is 2.41. The second-order valence-corrected chi connectivity index (χ2v) is 12.0. The quantitative estimate of drug-likeness (QED) is 0.199. The van der Waals surface area contributed by atoms with Crippen LogP contribution in [0.3, 0.4) is 0 Å². The molecule has 0 saturated carbocycles. The molecule has 48 heavy (non-hydrogen) atoms. The van der Waals surface area contributed by atoms with Crippen LogP contribution >= 0.6 is 0 Å². The van der Waals surface area contributed by atoms with Crippen LogP contribution in [0.4, 0.5) is 0 Å². The highest BCUT2D eigenvalue weighted by Gasteiger charge is 2.19. The Bertz CT molecular complexity index is 2760. The molecule has 0 aliphatic rings. The minimum absolute atomic E-state index is 0.601. The first-order valence-corrected chi connectivity index (χ1v) is 15.9. The van der Waals surface area contributed by atoms with Crippen LogP contribution in [0.1, 0.15) is 11.1 Å². The molecule has 0 aliphatic carbocycles. The molecule has 0 saturated heterocycles. The monoisotopic (exact) mass is 610 g/mol. The molecule has 2 aromatic heterocycles. The normalized spacial score (nSPS) is 11.3. The lowest BCUT2D eigenvalue weighted by Gasteiger charge is -2.18. The van der Waals surface area contributed by atoms with Crippen molar-refractivity contribution in [1.82, 2.24) is 9.13 Å². The number of rotatable bonds is 4. The number of fused-ring (bicyclic) bond motifs is 6. The number of benzene rings is 7. The molecule has 222 valence electrons. The van der Waals surface area contributed by atoms with Gasteiger partial charge in [-0.25, -0.2) is 0 Å². The van der Waals surface area contributed by atoms with Crippen LogP contribution in [0.2, 0.25) is 0 Å². The summed E-state index contributed by atoms with van der Waals surface area (Å²) in [6, 6.07) is 59.0. The van der Waals surface area contributed by atoms with Gasteiger partial charge >= 0.3 is 0 Å². The van der Waals surface area contributed by atoms with E-state index in [-0.39, 0.29) is 0 Å². The SMILES string of the molecule is N#Cc1ccc(-c2ccccc2-n2c3ccccc3c3ccccc32)c(-c2cccc(-n3c4ccccc4c4c(C#N)cccc43)c2)c1. The molecule has 0 amide bonds. The topological polar surface area (TPSA) is 57.4 Å². The van der Waals surface area contributed by atoms with E-state index >= 15 is 0 Å². The number of para-hydroxylation sites is 4. The Balaban J connectivity index is 1.29. The van der Waals surface area contributed by atoms with Crippen molar-refractivity contribution in [2.24, 2.45) is 0 Å². The van der Waals surface area contributed by atoms with Gasteiger partial charge in [-0.1, -0.05) is 97.1 Å². The first-order chi connectivity index (χ1) is 23.7. The predicted molar refractivity (Wildman–Crippen MR) is 195 cm³/mol. The van der Waals surface area contributed by atoms with Crippen molar-refractivity contribution in [3.8, 4) is 45.8 Å². The van der Waals surface area contributed by atoms with E-state index in [0.29, 0.717) is 11.1 Å². The molecule has 2 heterocycles. The molecule has 0 aliphatic heterocycles. The molecule has 0 unspecified atom stereocenters. The second kappa shape index (κ2) is 10.9. The lowest BCUT2D eigenvalue weighted by atomic mass is 9.91. The van der Waals surface area contributed by atoms with Gasteiger partial charge in [0.1, 0.15) is 0 Å². The summed E-state index contributed by atoms with van der Waals surface area (Å²) in [4.78, 5) is 0. The zero-order chi connectivity index (χ0) is 32.2. The highest BCUT2D eigenvalue weighted by molar-refractivity contribution is 6.12. The minimum Gasteiger partial charge on any atom is -0.309 e. The fraction of sp³-hybridized carbons (Fsp3) is 0. The average molecular weight is 611 g/mol. The zero-order valence-corrected chi connectivity index (χ0v) is 25.8. The predicted octanol–water partition coefficient (Wildman–Crippen LogP) is 11.0. The van der Waals surface area contributed by atoms with E-state index in [1.165, 1.54) is 10.8 Å². The summed E-state index contributed by atoms with van der Waals surface area (Å²) < 4.78 is 4.58. The van der Waals surface area contributed by atoms with Crippen LogP contribution < -0.4 is 0 Å². The third-order valence-corrected chi connectivity index (χ3v) is 9.40. The molecule has 0 atom stereocenters. The first-order valence-electron chi connectivity index (χ1n) is 15.9. The van der Waals surface area contributed by atoms with E-state index in [2.05, 4.69) is 143 Å². The Kier molecular flexibility index (Phi) is 6.22. The zero-order valence-electron chi connectivity index (χ0n) is 25.8. The molecule has 0 bridgehead atoms. The summed E-state index contributed by atoms with van der Waals surface area (Å²) >= 11 is 0. The van der Waals surface area contributed by atoms with Crippen molar-refractivity contribution in [2.45, 2.75) is 0 Å². The summed E-state index contributed by atoms with van der Waals surface area (Å²) in [5, 5.41) is 24.4. The number of hydrogen-bond donors (Lipinski definition) is 0. The standard InChI is InChI=1S/C44H26N4/c45-27-29-23-24-33(34-14-1-5-18-39(34)48-40-19-6-2-15-35(40)36-16-3-7-20-41(36)48)38(25-29)30-11-9-13-32(26-30)47-42-21-8-4-17-37(42)44-31(28-46)12-10-22-43(44)47/h1-26H. The summed E-state index contributed by atoms with van der Waals surface area (Å²) in [7, 11) is 0. The molecule has 9 rings (SSSR count). The minimum atomic E-state index is 0.601. The van der Waals surface area contributed by atoms with Crippen molar-refractivity contribution < 1.29 is 0 Å². The fourth-order valence-corrected chi connectivity index (χ4v) is 7.37. The second-order valence-electron chi connectivity index (χ2n) is 12.0. The van der Waals surface area contributed by atoms with Crippen LogP contribution in [0.5, 0.6) is 0 Å². The van der Waals surface area contributed by atoms with Gasteiger partial charge < -0.3 is 9.13 Å². The number of hydrogen-bond acceptors (Lipinski definition) is 2. The summed E-state index contributed by atoms with van der Waals surface area (Å²) in [6.07, 6.45) is 0. The molecule has 0 radical (unpaired) electrons. The molecule has 9 aromatic rings. The molecule has 0 fully saturated rings. The van der Waals surface area contributed by atoms with E-state index in [4.69, 9.17) is 0 Å².